The standard InChI is InChI=1S/C18H26FN3.HI/c1-20-17(21-12-8-15-4-6-16(19)7-5-15)22-13-11-18(14-22)9-2-3-10-18;/h4-7H,2-3,8-14H2,1H3,(H,20,21);1H. The van der Waals surface area contributed by atoms with E-state index in [0.717, 1.165) is 37.6 Å². The van der Waals surface area contributed by atoms with Crippen molar-refractivity contribution in [1.29, 1.82) is 0 Å². The maximum atomic E-state index is 12.9. The summed E-state index contributed by atoms with van der Waals surface area (Å²) in [7, 11) is 1.86. The minimum atomic E-state index is -0.175. The Morgan fingerprint density at radius 2 is 1.91 bits per heavy atom. The Morgan fingerprint density at radius 3 is 2.57 bits per heavy atom. The number of aliphatic imine (C=N–C) groups is 1. The first kappa shape index (κ1) is 18.5. The Hall–Kier alpha value is -0.850. The molecule has 2 aliphatic rings. The van der Waals surface area contributed by atoms with E-state index in [9.17, 15) is 4.39 Å². The molecule has 3 rings (SSSR count). The van der Waals surface area contributed by atoms with Crippen LogP contribution in [0.25, 0.3) is 0 Å². The van der Waals surface area contributed by atoms with Gasteiger partial charge in [0.05, 0.1) is 0 Å². The van der Waals surface area contributed by atoms with E-state index >= 15 is 0 Å². The van der Waals surface area contributed by atoms with Gasteiger partial charge >= 0.3 is 0 Å². The summed E-state index contributed by atoms with van der Waals surface area (Å²) in [5.74, 6) is 0.845. The lowest BCUT2D eigenvalue weighted by Gasteiger charge is -2.26. The first-order chi connectivity index (χ1) is 10.7. The number of rotatable bonds is 3. The van der Waals surface area contributed by atoms with Crippen LogP contribution in [0.5, 0.6) is 0 Å². The molecule has 1 saturated carbocycles. The summed E-state index contributed by atoms with van der Waals surface area (Å²) in [5.41, 5.74) is 1.72. The van der Waals surface area contributed by atoms with Gasteiger partial charge in [0.2, 0.25) is 0 Å². The highest BCUT2D eigenvalue weighted by molar-refractivity contribution is 14.0. The zero-order valence-electron chi connectivity index (χ0n) is 13.9. The summed E-state index contributed by atoms with van der Waals surface area (Å²) in [6.07, 6.45) is 7.75. The molecule has 0 amide bonds. The summed E-state index contributed by atoms with van der Waals surface area (Å²) in [6, 6.07) is 6.75. The van der Waals surface area contributed by atoms with E-state index in [0.29, 0.717) is 5.41 Å². The van der Waals surface area contributed by atoms with Gasteiger partial charge in [-0.05, 0) is 48.8 Å². The molecule has 2 fully saturated rings. The number of hydrogen-bond donors (Lipinski definition) is 1. The highest BCUT2D eigenvalue weighted by atomic mass is 127. The number of guanidine groups is 1. The van der Waals surface area contributed by atoms with E-state index in [1.807, 2.05) is 19.2 Å². The van der Waals surface area contributed by atoms with Crippen molar-refractivity contribution in [3.8, 4) is 0 Å². The van der Waals surface area contributed by atoms with E-state index < -0.39 is 0 Å². The van der Waals surface area contributed by atoms with Gasteiger partial charge in [0.25, 0.3) is 0 Å². The number of nitrogens with zero attached hydrogens (tertiary/aromatic N) is 2. The second kappa shape index (κ2) is 8.31. The molecule has 5 heteroatoms. The van der Waals surface area contributed by atoms with Gasteiger partial charge in [-0.25, -0.2) is 4.39 Å². The topological polar surface area (TPSA) is 27.6 Å². The predicted octanol–water partition coefficient (Wildman–Crippen LogP) is 3.83. The molecule has 128 valence electrons. The van der Waals surface area contributed by atoms with E-state index in [1.165, 1.54) is 44.2 Å². The molecule has 1 aliphatic heterocycles. The molecule has 23 heavy (non-hydrogen) atoms. The van der Waals surface area contributed by atoms with Crippen molar-refractivity contribution in [3.63, 3.8) is 0 Å². The monoisotopic (exact) mass is 431 g/mol. The average molecular weight is 431 g/mol. The van der Waals surface area contributed by atoms with Gasteiger partial charge in [-0.1, -0.05) is 25.0 Å². The quantitative estimate of drug-likeness (QED) is 0.448. The van der Waals surface area contributed by atoms with Crippen LogP contribution in [-0.4, -0.2) is 37.5 Å². The summed E-state index contributed by atoms with van der Waals surface area (Å²) < 4.78 is 12.9. The number of likely N-dealkylation sites (tertiary alicyclic amines) is 1. The molecule has 0 unspecified atom stereocenters. The van der Waals surface area contributed by atoms with E-state index in [-0.39, 0.29) is 29.8 Å². The molecular formula is C18H27FIN3. The third-order valence-corrected chi connectivity index (χ3v) is 5.22. The molecule has 1 aliphatic carbocycles. The van der Waals surface area contributed by atoms with Crippen LogP contribution < -0.4 is 5.32 Å². The fraction of sp³-hybridized carbons (Fsp3) is 0.611. The summed E-state index contributed by atoms with van der Waals surface area (Å²) in [5, 5.41) is 3.46. The lowest BCUT2D eigenvalue weighted by molar-refractivity contribution is 0.309. The Kier molecular flexibility index (Phi) is 6.68. The van der Waals surface area contributed by atoms with Crippen LogP contribution in [0.1, 0.15) is 37.7 Å². The Bertz CT molecular complexity index is 524. The van der Waals surface area contributed by atoms with Gasteiger partial charge in [-0.3, -0.25) is 4.99 Å². The molecule has 1 N–H and O–H groups in total. The molecular weight excluding hydrogens is 404 g/mol. The smallest absolute Gasteiger partial charge is 0.193 e. The number of nitrogens with one attached hydrogen (secondary N) is 1. The van der Waals surface area contributed by atoms with Crippen LogP contribution in [0.15, 0.2) is 29.3 Å². The maximum Gasteiger partial charge on any atom is 0.193 e. The Labute approximate surface area is 155 Å². The third-order valence-electron chi connectivity index (χ3n) is 5.22. The van der Waals surface area contributed by atoms with Crippen molar-refractivity contribution >= 4 is 29.9 Å². The molecule has 3 nitrogen and oxygen atoms in total. The molecule has 0 bridgehead atoms. The zero-order valence-corrected chi connectivity index (χ0v) is 16.2. The summed E-state index contributed by atoms with van der Waals surface area (Å²) in [6.45, 7) is 3.11. The van der Waals surface area contributed by atoms with Crippen molar-refractivity contribution < 1.29 is 4.39 Å². The van der Waals surface area contributed by atoms with E-state index in [4.69, 9.17) is 0 Å². The SMILES string of the molecule is CN=C(NCCc1ccc(F)cc1)N1CCC2(CCCC2)C1.I. The molecule has 0 aromatic heterocycles. The molecule has 0 radical (unpaired) electrons. The van der Waals surface area contributed by atoms with Crippen molar-refractivity contribution in [1.82, 2.24) is 10.2 Å². The van der Waals surface area contributed by atoms with Crippen LogP contribution in [0.3, 0.4) is 0 Å². The average Bonchev–Trinajstić information content (AvgIpc) is 3.16. The summed E-state index contributed by atoms with van der Waals surface area (Å²) in [4.78, 5) is 6.85. The van der Waals surface area contributed by atoms with E-state index in [1.54, 1.807) is 0 Å². The van der Waals surface area contributed by atoms with Crippen molar-refractivity contribution in [2.24, 2.45) is 10.4 Å². The normalized spacial score (nSPS) is 19.9. The third kappa shape index (κ3) is 4.58. The second-order valence-electron chi connectivity index (χ2n) is 6.73. The van der Waals surface area contributed by atoms with Gasteiger partial charge < -0.3 is 10.2 Å². The van der Waals surface area contributed by atoms with Gasteiger partial charge in [0, 0.05) is 26.7 Å². The van der Waals surface area contributed by atoms with Crippen LogP contribution in [0.2, 0.25) is 0 Å². The van der Waals surface area contributed by atoms with Crippen LogP contribution in [-0.2, 0) is 6.42 Å². The van der Waals surface area contributed by atoms with Crippen molar-refractivity contribution in [2.75, 3.05) is 26.7 Å². The van der Waals surface area contributed by atoms with Crippen molar-refractivity contribution in [3.05, 3.63) is 35.6 Å². The first-order valence-electron chi connectivity index (χ1n) is 8.41. The molecule has 1 spiro atoms. The maximum absolute atomic E-state index is 12.9. The van der Waals surface area contributed by atoms with Gasteiger partial charge in [-0.2, -0.15) is 0 Å². The predicted molar refractivity (Wildman–Crippen MR) is 104 cm³/mol. The Balaban J connectivity index is 0.00000192. The largest absolute Gasteiger partial charge is 0.356 e. The van der Waals surface area contributed by atoms with Crippen molar-refractivity contribution in [2.45, 2.75) is 38.5 Å². The highest BCUT2D eigenvalue weighted by Crippen LogP contribution is 2.45. The van der Waals surface area contributed by atoms with Gasteiger partial charge in [0.15, 0.2) is 5.96 Å². The Morgan fingerprint density at radius 1 is 1.22 bits per heavy atom. The van der Waals surface area contributed by atoms with Crippen LogP contribution in [0, 0.1) is 11.2 Å². The molecule has 1 aromatic rings. The zero-order chi connectivity index (χ0) is 15.4. The molecule has 1 heterocycles. The van der Waals surface area contributed by atoms with Gasteiger partial charge in [-0.15, -0.1) is 24.0 Å². The lowest BCUT2D eigenvalue weighted by atomic mass is 9.86. The fourth-order valence-corrected chi connectivity index (χ4v) is 3.95. The van der Waals surface area contributed by atoms with Crippen LogP contribution >= 0.6 is 24.0 Å². The number of hydrogen-bond acceptors (Lipinski definition) is 1. The first-order valence-corrected chi connectivity index (χ1v) is 8.41. The van der Waals surface area contributed by atoms with E-state index in [2.05, 4.69) is 15.2 Å². The summed E-state index contributed by atoms with van der Waals surface area (Å²) >= 11 is 0. The minimum absolute atomic E-state index is 0. The second-order valence-corrected chi connectivity index (χ2v) is 6.73. The number of benzene rings is 1. The highest BCUT2D eigenvalue weighted by Gasteiger charge is 2.40. The minimum Gasteiger partial charge on any atom is -0.356 e. The lowest BCUT2D eigenvalue weighted by Crippen LogP contribution is -2.41. The molecule has 1 aromatic carbocycles. The molecule has 0 atom stereocenters. The van der Waals surface area contributed by atoms with Gasteiger partial charge in [0.1, 0.15) is 5.82 Å². The number of halogens is 2. The molecule has 1 saturated heterocycles. The fourth-order valence-electron chi connectivity index (χ4n) is 3.95. The van der Waals surface area contributed by atoms with Crippen LogP contribution in [0.4, 0.5) is 4.39 Å².